The standard InChI is InChI=1S/C11H22N2O3S/c1-10-4-2-6-12(8-10)17(15,16)13-7-3-5-11(13)9-14/h10-11,14H,2-9H2,1H3. The number of piperidine rings is 1. The maximum atomic E-state index is 12.4. The van der Waals surface area contributed by atoms with E-state index in [1.54, 1.807) is 4.31 Å². The summed E-state index contributed by atoms with van der Waals surface area (Å²) in [5.74, 6) is 0.439. The van der Waals surface area contributed by atoms with Gasteiger partial charge in [-0.2, -0.15) is 17.0 Å². The fourth-order valence-electron chi connectivity index (χ4n) is 2.80. The molecule has 5 nitrogen and oxygen atoms in total. The molecule has 17 heavy (non-hydrogen) atoms. The summed E-state index contributed by atoms with van der Waals surface area (Å²) in [7, 11) is -3.35. The van der Waals surface area contributed by atoms with Crippen molar-refractivity contribution in [2.75, 3.05) is 26.2 Å². The van der Waals surface area contributed by atoms with Crippen molar-refractivity contribution in [2.45, 2.75) is 38.6 Å². The zero-order valence-electron chi connectivity index (χ0n) is 10.4. The lowest BCUT2D eigenvalue weighted by Crippen LogP contribution is -2.49. The van der Waals surface area contributed by atoms with Gasteiger partial charge in [0.15, 0.2) is 0 Å². The lowest BCUT2D eigenvalue weighted by atomic mass is 10.0. The van der Waals surface area contributed by atoms with Crippen molar-refractivity contribution in [2.24, 2.45) is 5.92 Å². The molecule has 0 aromatic heterocycles. The second-order valence-corrected chi connectivity index (χ2v) is 7.08. The van der Waals surface area contributed by atoms with Gasteiger partial charge in [0.25, 0.3) is 10.2 Å². The normalized spacial score (nSPS) is 33.1. The third-order valence-corrected chi connectivity index (χ3v) is 5.83. The van der Waals surface area contributed by atoms with Gasteiger partial charge in [0, 0.05) is 25.7 Å². The van der Waals surface area contributed by atoms with Crippen LogP contribution in [0.2, 0.25) is 0 Å². The van der Waals surface area contributed by atoms with E-state index in [0.717, 1.165) is 25.7 Å². The third kappa shape index (κ3) is 2.65. The molecule has 2 fully saturated rings. The molecule has 6 heteroatoms. The fraction of sp³-hybridized carbons (Fsp3) is 1.00. The maximum Gasteiger partial charge on any atom is 0.282 e. The van der Waals surface area contributed by atoms with E-state index in [0.29, 0.717) is 25.6 Å². The molecule has 0 spiro atoms. The lowest BCUT2D eigenvalue weighted by Gasteiger charge is -2.34. The summed E-state index contributed by atoms with van der Waals surface area (Å²) in [5, 5.41) is 9.23. The van der Waals surface area contributed by atoms with Crippen molar-refractivity contribution in [3.8, 4) is 0 Å². The number of hydrogen-bond donors (Lipinski definition) is 1. The Hall–Kier alpha value is -0.170. The Labute approximate surface area is 104 Å². The number of aliphatic hydroxyl groups excluding tert-OH is 1. The van der Waals surface area contributed by atoms with Gasteiger partial charge in [0.1, 0.15) is 0 Å². The Morgan fingerprint density at radius 1 is 1.24 bits per heavy atom. The molecule has 2 heterocycles. The molecule has 2 aliphatic rings. The van der Waals surface area contributed by atoms with Gasteiger partial charge in [0.2, 0.25) is 0 Å². The number of hydrogen-bond acceptors (Lipinski definition) is 3. The molecule has 1 N–H and O–H groups in total. The summed E-state index contributed by atoms with van der Waals surface area (Å²) in [5.41, 5.74) is 0. The van der Waals surface area contributed by atoms with Crippen LogP contribution in [-0.4, -0.2) is 54.4 Å². The van der Waals surface area contributed by atoms with Crippen molar-refractivity contribution in [3.05, 3.63) is 0 Å². The molecular formula is C11H22N2O3S. The average molecular weight is 262 g/mol. The molecule has 0 aromatic rings. The zero-order valence-corrected chi connectivity index (χ0v) is 11.2. The van der Waals surface area contributed by atoms with Crippen molar-refractivity contribution in [3.63, 3.8) is 0 Å². The van der Waals surface area contributed by atoms with Gasteiger partial charge in [-0.25, -0.2) is 0 Å². The second-order valence-electron chi connectivity index (χ2n) is 5.20. The summed E-state index contributed by atoms with van der Waals surface area (Å²) >= 11 is 0. The molecule has 2 unspecified atom stereocenters. The first-order chi connectivity index (χ1) is 8.05. The van der Waals surface area contributed by atoms with E-state index in [1.807, 2.05) is 0 Å². The van der Waals surface area contributed by atoms with E-state index in [4.69, 9.17) is 0 Å². The molecule has 0 radical (unpaired) electrons. The summed E-state index contributed by atoms with van der Waals surface area (Å²) < 4.78 is 28.0. The third-order valence-electron chi connectivity index (χ3n) is 3.78. The minimum Gasteiger partial charge on any atom is -0.395 e. The van der Waals surface area contributed by atoms with E-state index in [-0.39, 0.29) is 12.6 Å². The summed E-state index contributed by atoms with van der Waals surface area (Å²) in [6.07, 6.45) is 3.68. The quantitative estimate of drug-likeness (QED) is 0.802. The maximum absolute atomic E-state index is 12.4. The van der Waals surface area contributed by atoms with Crippen LogP contribution in [-0.2, 0) is 10.2 Å². The van der Waals surface area contributed by atoms with E-state index >= 15 is 0 Å². The molecule has 2 saturated heterocycles. The first-order valence-corrected chi connectivity index (χ1v) is 7.83. The Balaban J connectivity index is 2.12. The highest BCUT2D eigenvalue weighted by Crippen LogP contribution is 2.26. The molecular weight excluding hydrogens is 240 g/mol. The highest BCUT2D eigenvalue weighted by atomic mass is 32.2. The highest BCUT2D eigenvalue weighted by molar-refractivity contribution is 7.86. The van der Waals surface area contributed by atoms with Gasteiger partial charge >= 0.3 is 0 Å². The molecule has 0 aliphatic carbocycles. The summed E-state index contributed by atoms with van der Waals surface area (Å²) in [6.45, 7) is 3.83. The van der Waals surface area contributed by atoms with E-state index in [1.165, 1.54) is 4.31 Å². The fourth-order valence-corrected chi connectivity index (χ4v) is 4.81. The topological polar surface area (TPSA) is 60.9 Å². The number of rotatable bonds is 3. The van der Waals surface area contributed by atoms with Crippen molar-refractivity contribution < 1.29 is 13.5 Å². The smallest absolute Gasteiger partial charge is 0.282 e. The lowest BCUT2D eigenvalue weighted by molar-refractivity contribution is 0.198. The Morgan fingerprint density at radius 3 is 2.59 bits per heavy atom. The van der Waals surface area contributed by atoms with Crippen LogP contribution in [0.1, 0.15) is 32.6 Å². The molecule has 100 valence electrons. The van der Waals surface area contributed by atoms with Gasteiger partial charge in [-0.3, -0.25) is 0 Å². The predicted molar refractivity (Wildman–Crippen MR) is 65.7 cm³/mol. The largest absolute Gasteiger partial charge is 0.395 e. The molecule has 2 rings (SSSR count). The monoisotopic (exact) mass is 262 g/mol. The summed E-state index contributed by atoms with van der Waals surface area (Å²) in [6, 6.07) is -0.211. The van der Waals surface area contributed by atoms with E-state index < -0.39 is 10.2 Å². The minimum atomic E-state index is -3.35. The summed E-state index contributed by atoms with van der Waals surface area (Å²) in [4.78, 5) is 0. The molecule has 2 aliphatic heterocycles. The predicted octanol–water partition coefficient (Wildman–Crippen LogP) is 0.420. The van der Waals surface area contributed by atoms with Crippen LogP contribution >= 0.6 is 0 Å². The van der Waals surface area contributed by atoms with Gasteiger partial charge in [0.05, 0.1) is 6.61 Å². The van der Waals surface area contributed by atoms with Crippen LogP contribution in [0, 0.1) is 5.92 Å². The second kappa shape index (κ2) is 5.22. The molecule has 0 saturated carbocycles. The van der Waals surface area contributed by atoms with Gasteiger partial charge in [-0.15, -0.1) is 0 Å². The van der Waals surface area contributed by atoms with Crippen molar-refractivity contribution >= 4 is 10.2 Å². The zero-order chi connectivity index (χ0) is 12.5. The average Bonchev–Trinajstić information content (AvgIpc) is 2.77. The Bertz CT molecular complexity index is 358. The van der Waals surface area contributed by atoms with Gasteiger partial charge in [-0.1, -0.05) is 6.92 Å². The molecule has 2 atom stereocenters. The van der Waals surface area contributed by atoms with Crippen LogP contribution in [0.15, 0.2) is 0 Å². The Morgan fingerprint density at radius 2 is 1.94 bits per heavy atom. The minimum absolute atomic E-state index is 0.0668. The first kappa shape index (κ1) is 13.3. The SMILES string of the molecule is CC1CCCN(S(=O)(=O)N2CCCC2CO)C1. The highest BCUT2D eigenvalue weighted by Gasteiger charge is 2.38. The molecule has 0 amide bonds. The number of aliphatic hydroxyl groups is 1. The number of nitrogens with zero attached hydrogens (tertiary/aromatic N) is 2. The van der Waals surface area contributed by atoms with Gasteiger partial charge in [-0.05, 0) is 31.6 Å². The molecule has 0 aromatic carbocycles. The van der Waals surface area contributed by atoms with Crippen LogP contribution < -0.4 is 0 Å². The van der Waals surface area contributed by atoms with E-state index in [9.17, 15) is 13.5 Å². The van der Waals surface area contributed by atoms with Crippen LogP contribution in [0.4, 0.5) is 0 Å². The molecule has 0 bridgehead atoms. The van der Waals surface area contributed by atoms with Crippen LogP contribution in [0.3, 0.4) is 0 Å². The Kier molecular flexibility index (Phi) is 4.07. The van der Waals surface area contributed by atoms with E-state index in [2.05, 4.69) is 6.92 Å². The van der Waals surface area contributed by atoms with Crippen molar-refractivity contribution in [1.29, 1.82) is 0 Å². The van der Waals surface area contributed by atoms with Crippen molar-refractivity contribution in [1.82, 2.24) is 8.61 Å². The first-order valence-electron chi connectivity index (χ1n) is 6.43. The van der Waals surface area contributed by atoms with Crippen LogP contribution in [0.5, 0.6) is 0 Å². The van der Waals surface area contributed by atoms with Gasteiger partial charge < -0.3 is 5.11 Å². The van der Waals surface area contributed by atoms with Crippen LogP contribution in [0.25, 0.3) is 0 Å².